The number of benzene rings is 9. The minimum atomic E-state index is 0.639. The van der Waals surface area contributed by atoms with E-state index in [2.05, 4.69) is 173 Å². The molecule has 0 radical (unpaired) electrons. The number of aromatic nitrogens is 4. The maximum absolute atomic E-state index is 5.16. The Hall–Kier alpha value is -7.89. The minimum Gasteiger partial charge on any atom is -0.309 e. The van der Waals surface area contributed by atoms with E-state index in [1.807, 2.05) is 36.4 Å². The van der Waals surface area contributed by atoms with Gasteiger partial charge in [-0.1, -0.05) is 140 Å². The third-order valence-electron chi connectivity index (χ3n) is 11.5. The molecule has 1 aliphatic rings. The molecule has 2 aromatic heterocycles. The average molecular weight is 740 g/mol. The number of anilines is 3. The highest BCUT2D eigenvalue weighted by molar-refractivity contribution is 6.18. The summed E-state index contributed by atoms with van der Waals surface area (Å²) in [6, 6.07) is 71.1. The van der Waals surface area contributed by atoms with Gasteiger partial charge in [-0.05, 0) is 82.4 Å². The average Bonchev–Trinajstić information content (AvgIpc) is 3.62. The second-order valence-electron chi connectivity index (χ2n) is 14.8. The van der Waals surface area contributed by atoms with Crippen molar-refractivity contribution in [1.29, 1.82) is 0 Å². The van der Waals surface area contributed by atoms with E-state index >= 15 is 0 Å². The summed E-state index contributed by atoms with van der Waals surface area (Å²) in [6.45, 7) is 0. The van der Waals surface area contributed by atoms with Gasteiger partial charge in [0.1, 0.15) is 0 Å². The lowest BCUT2D eigenvalue weighted by Gasteiger charge is -2.34. The molecule has 0 aliphatic carbocycles. The first-order chi connectivity index (χ1) is 28.8. The predicted octanol–water partition coefficient (Wildman–Crippen LogP) is 13.7. The van der Waals surface area contributed by atoms with Crippen LogP contribution in [-0.2, 0) is 0 Å². The molecular formula is C53H33N5. The molecule has 0 unspecified atom stereocenters. The number of hydrogen-bond donors (Lipinski definition) is 0. The molecule has 3 heterocycles. The Balaban J connectivity index is 1.12. The molecule has 0 atom stereocenters. The van der Waals surface area contributed by atoms with Crippen LogP contribution in [0.1, 0.15) is 0 Å². The molecule has 9 aromatic carbocycles. The fraction of sp³-hybridized carbons (Fsp3) is 0. The van der Waals surface area contributed by atoms with Crippen molar-refractivity contribution in [3.8, 4) is 51.0 Å². The maximum atomic E-state index is 5.16. The van der Waals surface area contributed by atoms with Gasteiger partial charge in [0.15, 0.2) is 17.5 Å². The molecule has 58 heavy (non-hydrogen) atoms. The summed E-state index contributed by atoms with van der Waals surface area (Å²) in [7, 11) is 0. The molecule has 0 N–H and O–H groups in total. The largest absolute Gasteiger partial charge is 0.309 e. The standard InChI is InChI=1S/C53H33N5/c1-4-15-34(16-5-1)51-54-52(35-17-6-2-7-18-35)56-53(55-51)43-28-30-48-50-41(43)24-14-25-42(50)45-33-39(27-29-47(45)57(48)38-21-8-3-9-22-38)58-46-26-13-12-23-40(46)44-31-36-19-10-11-20-37(36)32-49(44)58/h1-33H. The molecule has 1 aliphatic heterocycles. The van der Waals surface area contributed by atoms with E-state index in [1.165, 1.54) is 38.1 Å². The zero-order valence-corrected chi connectivity index (χ0v) is 31.3. The van der Waals surface area contributed by atoms with Crippen molar-refractivity contribution in [2.75, 3.05) is 4.90 Å². The molecule has 12 rings (SSSR count). The van der Waals surface area contributed by atoms with Crippen molar-refractivity contribution in [3.05, 3.63) is 200 Å². The number of rotatable bonds is 5. The van der Waals surface area contributed by atoms with Gasteiger partial charge in [-0.3, -0.25) is 0 Å². The van der Waals surface area contributed by atoms with E-state index in [-0.39, 0.29) is 0 Å². The second kappa shape index (κ2) is 12.8. The molecule has 5 nitrogen and oxygen atoms in total. The monoisotopic (exact) mass is 739 g/mol. The zero-order valence-electron chi connectivity index (χ0n) is 31.3. The Kier molecular flexibility index (Phi) is 7.16. The fourth-order valence-corrected chi connectivity index (χ4v) is 8.92. The Morgan fingerprint density at radius 2 is 0.931 bits per heavy atom. The van der Waals surface area contributed by atoms with Crippen molar-refractivity contribution in [3.63, 3.8) is 0 Å². The highest BCUT2D eigenvalue weighted by Crippen LogP contribution is 2.53. The van der Waals surface area contributed by atoms with E-state index < -0.39 is 0 Å². The third-order valence-corrected chi connectivity index (χ3v) is 11.5. The SMILES string of the molecule is c1ccc(-c2nc(-c3ccccc3)nc(-c3ccc4c5c(cccc35)-c3cc(-n5c6ccccc6c6cc7ccccc7cc65)ccc3N4c3ccccc3)n2)cc1. The third kappa shape index (κ3) is 5.00. The molecule has 270 valence electrons. The lowest BCUT2D eigenvalue weighted by atomic mass is 9.88. The van der Waals surface area contributed by atoms with Gasteiger partial charge in [-0.2, -0.15) is 0 Å². The molecule has 5 heteroatoms. The van der Waals surface area contributed by atoms with Gasteiger partial charge >= 0.3 is 0 Å². The smallest absolute Gasteiger partial charge is 0.164 e. The lowest BCUT2D eigenvalue weighted by Crippen LogP contribution is -2.15. The van der Waals surface area contributed by atoms with Crippen LogP contribution in [0.5, 0.6) is 0 Å². The van der Waals surface area contributed by atoms with Crippen LogP contribution in [0.15, 0.2) is 200 Å². The van der Waals surface area contributed by atoms with Crippen molar-refractivity contribution in [2.24, 2.45) is 0 Å². The summed E-state index contributed by atoms with van der Waals surface area (Å²) in [4.78, 5) is 17.7. The number of nitrogens with zero attached hydrogens (tertiary/aromatic N) is 5. The Bertz CT molecular complexity index is 3330. The second-order valence-corrected chi connectivity index (χ2v) is 14.8. The van der Waals surface area contributed by atoms with Gasteiger partial charge in [0, 0.05) is 49.8 Å². The van der Waals surface area contributed by atoms with Gasteiger partial charge in [0.25, 0.3) is 0 Å². The van der Waals surface area contributed by atoms with Crippen molar-refractivity contribution < 1.29 is 0 Å². The van der Waals surface area contributed by atoms with Crippen LogP contribution in [-0.4, -0.2) is 19.5 Å². The lowest BCUT2D eigenvalue weighted by molar-refractivity contribution is 1.08. The highest BCUT2D eigenvalue weighted by Gasteiger charge is 2.28. The topological polar surface area (TPSA) is 46.8 Å². The van der Waals surface area contributed by atoms with Crippen LogP contribution in [0.2, 0.25) is 0 Å². The maximum Gasteiger partial charge on any atom is 0.164 e. The zero-order chi connectivity index (χ0) is 38.2. The summed E-state index contributed by atoms with van der Waals surface area (Å²) < 4.78 is 2.43. The number of fused-ring (bicyclic) bond motifs is 6. The van der Waals surface area contributed by atoms with Crippen molar-refractivity contribution in [1.82, 2.24) is 19.5 Å². The predicted molar refractivity (Wildman–Crippen MR) is 239 cm³/mol. The van der Waals surface area contributed by atoms with Crippen molar-refractivity contribution >= 4 is 60.4 Å². The quantitative estimate of drug-likeness (QED) is 0.176. The summed E-state index contributed by atoms with van der Waals surface area (Å²) in [5.41, 5.74) is 12.0. The summed E-state index contributed by atoms with van der Waals surface area (Å²) in [5.74, 6) is 1.93. The van der Waals surface area contributed by atoms with E-state index in [9.17, 15) is 0 Å². The molecule has 0 saturated carbocycles. The van der Waals surface area contributed by atoms with Crippen LogP contribution < -0.4 is 4.90 Å². The van der Waals surface area contributed by atoms with Gasteiger partial charge < -0.3 is 9.47 Å². The van der Waals surface area contributed by atoms with Gasteiger partial charge in [0.05, 0.1) is 22.4 Å². The molecule has 0 bridgehead atoms. The van der Waals surface area contributed by atoms with Gasteiger partial charge in [-0.25, -0.2) is 15.0 Å². The van der Waals surface area contributed by atoms with Crippen LogP contribution in [0.25, 0.3) is 94.3 Å². The van der Waals surface area contributed by atoms with E-state index in [4.69, 9.17) is 15.0 Å². The Morgan fingerprint density at radius 3 is 1.67 bits per heavy atom. The van der Waals surface area contributed by atoms with E-state index in [0.29, 0.717) is 17.5 Å². The normalized spacial score (nSPS) is 12.1. The first-order valence-corrected chi connectivity index (χ1v) is 19.6. The van der Waals surface area contributed by atoms with Gasteiger partial charge in [0.2, 0.25) is 0 Å². The van der Waals surface area contributed by atoms with Crippen LogP contribution in [0, 0.1) is 0 Å². The minimum absolute atomic E-state index is 0.639. The molecular weight excluding hydrogens is 707 g/mol. The first-order valence-electron chi connectivity index (χ1n) is 19.6. The fourth-order valence-electron chi connectivity index (χ4n) is 8.92. The van der Waals surface area contributed by atoms with E-state index in [0.717, 1.165) is 55.8 Å². The van der Waals surface area contributed by atoms with Crippen molar-refractivity contribution in [2.45, 2.75) is 0 Å². The first kappa shape index (κ1) is 32.4. The number of hydrogen-bond acceptors (Lipinski definition) is 4. The summed E-state index contributed by atoms with van der Waals surface area (Å²) in [5, 5.41) is 7.20. The molecule has 0 fully saturated rings. The summed E-state index contributed by atoms with van der Waals surface area (Å²) >= 11 is 0. The summed E-state index contributed by atoms with van der Waals surface area (Å²) in [6.07, 6.45) is 0. The number of para-hydroxylation sites is 2. The molecule has 11 aromatic rings. The van der Waals surface area contributed by atoms with Gasteiger partial charge in [-0.15, -0.1) is 0 Å². The van der Waals surface area contributed by atoms with Crippen LogP contribution in [0.4, 0.5) is 17.1 Å². The molecule has 0 spiro atoms. The highest BCUT2D eigenvalue weighted by atomic mass is 15.2. The van der Waals surface area contributed by atoms with E-state index in [1.54, 1.807) is 0 Å². The molecule has 0 amide bonds. The van der Waals surface area contributed by atoms with Crippen LogP contribution in [0.3, 0.4) is 0 Å². The Morgan fingerprint density at radius 1 is 0.328 bits per heavy atom. The van der Waals surface area contributed by atoms with Crippen LogP contribution >= 0.6 is 0 Å². The Labute approximate surface area is 334 Å². The molecule has 0 saturated heterocycles.